The third kappa shape index (κ3) is 2.74. The van der Waals surface area contributed by atoms with Crippen LogP contribution in [0, 0.1) is 26.7 Å². The van der Waals surface area contributed by atoms with E-state index in [9.17, 15) is 4.79 Å². The predicted molar refractivity (Wildman–Crippen MR) is 97.3 cm³/mol. The molecule has 1 aromatic heterocycles. The molecule has 1 atom stereocenters. The fourth-order valence-corrected chi connectivity index (χ4v) is 3.72. The summed E-state index contributed by atoms with van der Waals surface area (Å²) in [6, 6.07) is 6.98. The van der Waals surface area contributed by atoms with E-state index in [1.165, 1.54) is 34.9 Å². The SMILES string of the molecule is Cc1ccc2c(C)cc(NCC3CC(=O)N(C4CC4)C3)nc2c1C. The Hall–Kier alpha value is -2.10. The van der Waals surface area contributed by atoms with E-state index in [1.54, 1.807) is 0 Å². The van der Waals surface area contributed by atoms with Gasteiger partial charge in [0.2, 0.25) is 5.91 Å². The fourth-order valence-electron chi connectivity index (χ4n) is 3.72. The van der Waals surface area contributed by atoms with Crippen LogP contribution >= 0.6 is 0 Å². The number of nitrogens with zero attached hydrogens (tertiary/aromatic N) is 2. The molecule has 0 radical (unpaired) electrons. The Morgan fingerprint density at radius 3 is 2.75 bits per heavy atom. The van der Waals surface area contributed by atoms with E-state index in [2.05, 4.69) is 49.2 Å². The Kier molecular flexibility index (Phi) is 3.70. The lowest BCUT2D eigenvalue weighted by Crippen LogP contribution is -2.28. The van der Waals surface area contributed by atoms with Gasteiger partial charge in [-0.15, -0.1) is 0 Å². The quantitative estimate of drug-likeness (QED) is 0.935. The zero-order chi connectivity index (χ0) is 16.8. The first-order chi connectivity index (χ1) is 11.5. The van der Waals surface area contributed by atoms with Crippen LogP contribution in [0.15, 0.2) is 18.2 Å². The lowest BCUT2D eigenvalue weighted by molar-refractivity contribution is -0.128. The molecular weight excluding hydrogens is 298 g/mol. The third-order valence-corrected chi connectivity index (χ3v) is 5.51. The van der Waals surface area contributed by atoms with Crippen LogP contribution in [0.2, 0.25) is 0 Å². The van der Waals surface area contributed by atoms with E-state index < -0.39 is 0 Å². The molecule has 1 N–H and O–H groups in total. The molecule has 2 fully saturated rings. The molecule has 2 aliphatic rings. The highest BCUT2D eigenvalue weighted by atomic mass is 16.2. The van der Waals surface area contributed by atoms with Gasteiger partial charge in [0.15, 0.2) is 0 Å². The number of rotatable bonds is 4. The van der Waals surface area contributed by atoms with Crippen molar-refractivity contribution < 1.29 is 4.79 Å². The standard InChI is InChI=1S/C20H25N3O/c1-12-4-7-17-13(2)8-18(22-20(17)14(12)3)21-10-15-9-19(24)23(11-15)16-5-6-16/h4,7-8,15-16H,5-6,9-11H2,1-3H3,(H,21,22). The van der Waals surface area contributed by atoms with Crippen molar-refractivity contribution in [1.29, 1.82) is 0 Å². The van der Waals surface area contributed by atoms with Crippen LogP contribution in [0.25, 0.3) is 10.9 Å². The summed E-state index contributed by atoms with van der Waals surface area (Å²) in [6.07, 6.45) is 3.06. The molecule has 4 heteroatoms. The van der Waals surface area contributed by atoms with E-state index in [4.69, 9.17) is 4.98 Å². The smallest absolute Gasteiger partial charge is 0.223 e. The lowest BCUT2D eigenvalue weighted by atomic mass is 10.0. The molecule has 1 saturated carbocycles. The number of benzene rings is 1. The van der Waals surface area contributed by atoms with Gasteiger partial charge in [0.1, 0.15) is 5.82 Å². The van der Waals surface area contributed by atoms with Gasteiger partial charge in [0, 0.05) is 36.9 Å². The van der Waals surface area contributed by atoms with Gasteiger partial charge in [-0.3, -0.25) is 4.79 Å². The van der Waals surface area contributed by atoms with Crippen LogP contribution in [0.5, 0.6) is 0 Å². The number of carbonyl (C=O) groups is 1. The normalized spacial score (nSPS) is 20.9. The zero-order valence-corrected chi connectivity index (χ0v) is 14.7. The molecule has 24 heavy (non-hydrogen) atoms. The van der Waals surface area contributed by atoms with Gasteiger partial charge in [0.05, 0.1) is 5.52 Å². The number of fused-ring (bicyclic) bond motifs is 1. The van der Waals surface area contributed by atoms with Crippen LogP contribution in [-0.4, -0.2) is 34.9 Å². The minimum Gasteiger partial charge on any atom is -0.370 e. The molecule has 1 amide bonds. The van der Waals surface area contributed by atoms with Crippen LogP contribution in [0.4, 0.5) is 5.82 Å². The minimum atomic E-state index is 0.332. The first-order valence-electron chi connectivity index (χ1n) is 8.94. The van der Waals surface area contributed by atoms with Crippen molar-refractivity contribution in [3.05, 3.63) is 34.9 Å². The van der Waals surface area contributed by atoms with E-state index in [0.717, 1.165) is 24.4 Å². The third-order valence-electron chi connectivity index (χ3n) is 5.51. The van der Waals surface area contributed by atoms with Gasteiger partial charge in [-0.25, -0.2) is 4.98 Å². The predicted octanol–water partition coefficient (Wildman–Crippen LogP) is 3.58. The molecule has 2 aromatic rings. The topological polar surface area (TPSA) is 45.2 Å². The summed E-state index contributed by atoms with van der Waals surface area (Å²) in [5.41, 5.74) is 4.84. The molecule has 0 spiro atoms. The molecule has 0 bridgehead atoms. The Morgan fingerprint density at radius 1 is 1.21 bits per heavy atom. The van der Waals surface area contributed by atoms with Gasteiger partial charge in [-0.2, -0.15) is 0 Å². The number of aryl methyl sites for hydroxylation is 3. The Morgan fingerprint density at radius 2 is 2.00 bits per heavy atom. The summed E-state index contributed by atoms with van der Waals surface area (Å²) in [5.74, 6) is 1.65. The highest BCUT2D eigenvalue weighted by Crippen LogP contribution is 2.32. The summed E-state index contributed by atoms with van der Waals surface area (Å²) in [5, 5.41) is 4.70. The molecular formula is C20H25N3O. The van der Waals surface area contributed by atoms with Gasteiger partial charge in [0.25, 0.3) is 0 Å². The molecule has 126 valence electrons. The van der Waals surface area contributed by atoms with Crippen LogP contribution in [-0.2, 0) is 4.79 Å². The van der Waals surface area contributed by atoms with Crippen LogP contribution in [0.1, 0.15) is 36.0 Å². The van der Waals surface area contributed by atoms with Crippen LogP contribution in [0.3, 0.4) is 0 Å². The van der Waals surface area contributed by atoms with Crippen LogP contribution < -0.4 is 5.32 Å². The number of hydrogen-bond donors (Lipinski definition) is 1. The second-order valence-electron chi connectivity index (χ2n) is 7.46. The van der Waals surface area contributed by atoms with E-state index >= 15 is 0 Å². The number of anilines is 1. The van der Waals surface area contributed by atoms with E-state index in [-0.39, 0.29) is 0 Å². The van der Waals surface area contributed by atoms with Gasteiger partial charge < -0.3 is 10.2 Å². The van der Waals surface area contributed by atoms with Crippen molar-refractivity contribution in [2.45, 2.75) is 46.1 Å². The van der Waals surface area contributed by atoms with Crippen molar-refractivity contribution in [2.75, 3.05) is 18.4 Å². The molecule has 4 rings (SSSR count). The number of nitrogens with one attached hydrogen (secondary N) is 1. The first-order valence-corrected chi connectivity index (χ1v) is 8.94. The number of hydrogen-bond acceptors (Lipinski definition) is 3. The van der Waals surface area contributed by atoms with Crippen molar-refractivity contribution in [3.8, 4) is 0 Å². The maximum Gasteiger partial charge on any atom is 0.223 e. The van der Waals surface area contributed by atoms with Gasteiger partial charge in [-0.05, 0) is 56.4 Å². The maximum atomic E-state index is 12.1. The molecule has 1 aromatic carbocycles. The summed E-state index contributed by atoms with van der Waals surface area (Å²) < 4.78 is 0. The summed E-state index contributed by atoms with van der Waals surface area (Å²) >= 11 is 0. The van der Waals surface area contributed by atoms with Gasteiger partial charge in [-0.1, -0.05) is 12.1 Å². The van der Waals surface area contributed by atoms with E-state index in [1.807, 2.05) is 0 Å². The molecule has 1 unspecified atom stereocenters. The highest BCUT2D eigenvalue weighted by Gasteiger charge is 2.39. The van der Waals surface area contributed by atoms with Crippen molar-refractivity contribution in [1.82, 2.24) is 9.88 Å². The number of aromatic nitrogens is 1. The van der Waals surface area contributed by atoms with Crippen molar-refractivity contribution in [2.24, 2.45) is 5.92 Å². The second-order valence-corrected chi connectivity index (χ2v) is 7.46. The Balaban J connectivity index is 1.50. The monoisotopic (exact) mass is 323 g/mol. The fraction of sp³-hybridized carbons (Fsp3) is 0.500. The summed E-state index contributed by atoms with van der Waals surface area (Å²) in [6.45, 7) is 8.12. The average molecular weight is 323 g/mol. The molecule has 2 heterocycles. The second kappa shape index (κ2) is 5.76. The highest BCUT2D eigenvalue weighted by molar-refractivity contribution is 5.87. The summed E-state index contributed by atoms with van der Waals surface area (Å²) in [7, 11) is 0. The number of carbonyl (C=O) groups excluding carboxylic acids is 1. The summed E-state index contributed by atoms with van der Waals surface area (Å²) in [4.78, 5) is 19.0. The molecule has 1 aliphatic carbocycles. The van der Waals surface area contributed by atoms with E-state index in [0.29, 0.717) is 24.3 Å². The molecule has 1 aliphatic heterocycles. The minimum absolute atomic E-state index is 0.332. The maximum absolute atomic E-state index is 12.1. The zero-order valence-electron chi connectivity index (χ0n) is 14.7. The molecule has 1 saturated heterocycles. The largest absolute Gasteiger partial charge is 0.370 e. The lowest BCUT2D eigenvalue weighted by Gasteiger charge is -2.16. The van der Waals surface area contributed by atoms with Crippen molar-refractivity contribution in [3.63, 3.8) is 0 Å². The Labute approximate surface area is 143 Å². The molecule has 4 nitrogen and oxygen atoms in total. The first kappa shape index (κ1) is 15.4. The number of pyridine rings is 1. The number of likely N-dealkylation sites (tertiary alicyclic amines) is 1. The van der Waals surface area contributed by atoms with Crippen molar-refractivity contribution >= 4 is 22.6 Å². The number of amides is 1. The Bertz CT molecular complexity index is 810. The average Bonchev–Trinajstić information content (AvgIpc) is 3.32. The van der Waals surface area contributed by atoms with Gasteiger partial charge >= 0.3 is 0 Å².